The predicted molar refractivity (Wildman–Crippen MR) is 99.0 cm³/mol. The maximum absolute atomic E-state index is 12.8. The standard InChI is InChI=1S/C20H13F3N2O4/c21-20(22,23)14-4-1-3-13(11-14)19(26)24-15-5-2-6-18(12-15)29-17-9-7-16(8-10-17)25(27)28/h1-12H,(H,24,26). The molecule has 1 amide bonds. The number of alkyl halides is 3. The molecule has 0 fully saturated rings. The average Bonchev–Trinajstić information content (AvgIpc) is 2.68. The topological polar surface area (TPSA) is 81.5 Å². The van der Waals surface area contributed by atoms with E-state index in [1.165, 1.54) is 36.4 Å². The highest BCUT2D eigenvalue weighted by molar-refractivity contribution is 6.04. The van der Waals surface area contributed by atoms with Crippen molar-refractivity contribution in [1.82, 2.24) is 0 Å². The van der Waals surface area contributed by atoms with E-state index in [4.69, 9.17) is 4.74 Å². The average molecular weight is 402 g/mol. The van der Waals surface area contributed by atoms with Crippen LogP contribution < -0.4 is 10.1 Å². The SMILES string of the molecule is O=C(Nc1cccc(Oc2ccc([N+](=O)[O-])cc2)c1)c1cccc(C(F)(F)F)c1. The van der Waals surface area contributed by atoms with Crippen LogP contribution in [-0.2, 0) is 6.18 Å². The van der Waals surface area contributed by atoms with E-state index in [1.807, 2.05) is 0 Å². The normalized spacial score (nSPS) is 11.0. The molecule has 0 radical (unpaired) electrons. The molecule has 0 bridgehead atoms. The first-order chi connectivity index (χ1) is 13.7. The lowest BCUT2D eigenvalue weighted by Crippen LogP contribution is -2.13. The fourth-order valence-corrected chi connectivity index (χ4v) is 2.45. The smallest absolute Gasteiger partial charge is 0.416 e. The summed E-state index contributed by atoms with van der Waals surface area (Å²) < 4.78 is 44.0. The first-order valence-electron chi connectivity index (χ1n) is 8.23. The number of benzene rings is 3. The summed E-state index contributed by atoms with van der Waals surface area (Å²) in [5, 5.41) is 13.2. The molecule has 0 saturated carbocycles. The summed E-state index contributed by atoms with van der Waals surface area (Å²) in [6, 6.07) is 15.7. The van der Waals surface area contributed by atoms with Crippen LogP contribution in [0, 0.1) is 10.1 Å². The zero-order valence-corrected chi connectivity index (χ0v) is 14.6. The molecule has 3 rings (SSSR count). The number of hydrogen-bond donors (Lipinski definition) is 1. The van der Waals surface area contributed by atoms with Crippen LogP contribution in [0.1, 0.15) is 15.9 Å². The van der Waals surface area contributed by atoms with Crippen molar-refractivity contribution in [1.29, 1.82) is 0 Å². The van der Waals surface area contributed by atoms with Gasteiger partial charge in [-0.05, 0) is 42.5 Å². The van der Waals surface area contributed by atoms with Gasteiger partial charge in [-0.25, -0.2) is 0 Å². The highest BCUT2D eigenvalue weighted by Crippen LogP contribution is 2.30. The van der Waals surface area contributed by atoms with Crippen molar-refractivity contribution in [2.75, 3.05) is 5.32 Å². The fraction of sp³-hybridized carbons (Fsp3) is 0.0500. The number of amides is 1. The van der Waals surface area contributed by atoms with E-state index in [1.54, 1.807) is 18.2 Å². The molecule has 0 heterocycles. The molecule has 0 saturated heterocycles. The molecule has 0 aromatic heterocycles. The van der Waals surface area contributed by atoms with Gasteiger partial charge < -0.3 is 10.1 Å². The van der Waals surface area contributed by atoms with E-state index >= 15 is 0 Å². The summed E-state index contributed by atoms with van der Waals surface area (Å²) in [5.74, 6) is -0.0266. The number of nitrogens with one attached hydrogen (secondary N) is 1. The van der Waals surface area contributed by atoms with Crippen LogP contribution in [0.25, 0.3) is 0 Å². The minimum atomic E-state index is -4.55. The fourth-order valence-electron chi connectivity index (χ4n) is 2.45. The van der Waals surface area contributed by atoms with Crippen molar-refractivity contribution < 1.29 is 27.6 Å². The van der Waals surface area contributed by atoms with Gasteiger partial charge in [0.05, 0.1) is 10.5 Å². The predicted octanol–water partition coefficient (Wildman–Crippen LogP) is 5.66. The van der Waals surface area contributed by atoms with Gasteiger partial charge in [0.2, 0.25) is 0 Å². The summed E-state index contributed by atoms with van der Waals surface area (Å²) in [7, 11) is 0. The summed E-state index contributed by atoms with van der Waals surface area (Å²) in [6.07, 6.45) is -4.55. The van der Waals surface area contributed by atoms with Crippen LogP contribution in [0.15, 0.2) is 72.8 Å². The molecule has 0 aliphatic heterocycles. The first-order valence-corrected chi connectivity index (χ1v) is 8.23. The Kier molecular flexibility index (Phi) is 5.49. The maximum Gasteiger partial charge on any atom is 0.416 e. The molecule has 0 aliphatic carbocycles. The van der Waals surface area contributed by atoms with Crippen molar-refractivity contribution in [2.24, 2.45) is 0 Å². The van der Waals surface area contributed by atoms with Crippen LogP contribution in [0.2, 0.25) is 0 Å². The Morgan fingerprint density at radius 2 is 1.62 bits per heavy atom. The third-order valence-electron chi connectivity index (χ3n) is 3.83. The Balaban J connectivity index is 1.73. The van der Waals surface area contributed by atoms with E-state index in [0.29, 0.717) is 17.2 Å². The van der Waals surface area contributed by atoms with Crippen molar-refractivity contribution in [3.8, 4) is 11.5 Å². The van der Waals surface area contributed by atoms with E-state index in [0.717, 1.165) is 18.2 Å². The Morgan fingerprint density at radius 1 is 0.931 bits per heavy atom. The molecule has 0 atom stereocenters. The lowest BCUT2D eigenvalue weighted by molar-refractivity contribution is -0.384. The van der Waals surface area contributed by atoms with Gasteiger partial charge in [0, 0.05) is 29.4 Å². The highest BCUT2D eigenvalue weighted by atomic mass is 19.4. The minimum absolute atomic E-state index is 0.0838. The Bertz CT molecular complexity index is 1050. The van der Waals surface area contributed by atoms with E-state index in [9.17, 15) is 28.1 Å². The summed E-state index contributed by atoms with van der Waals surface area (Å²) in [4.78, 5) is 22.4. The van der Waals surface area contributed by atoms with Crippen LogP contribution in [0.4, 0.5) is 24.5 Å². The number of anilines is 1. The second kappa shape index (κ2) is 8.01. The molecule has 3 aromatic rings. The number of rotatable bonds is 5. The van der Waals surface area contributed by atoms with Gasteiger partial charge in [-0.2, -0.15) is 13.2 Å². The molecule has 1 N–H and O–H groups in total. The molecule has 0 aliphatic rings. The second-order valence-corrected chi connectivity index (χ2v) is 5.91. The number of carbonyl (C=O) groups is 1. The lowest BCUT2D eigenvalue weighted by Gasteiger charge is -2.11. The number of non-ortho nitro benzene ring substituents is 1. The van der Waals surface area contributed by atoms with Crippen LogP contribution in [-0.4, -0.2) is 10.8 Å². The van der Waals surface area contributed by atoms with Crippen LogP contribution >= 0.6 is 0 Å². The third kappa shape index (κ3) is 5.10. The van der Waals surface area contributed by atoms with Crippen molar-refractivity contribution in [2.45, 2.75) is 6.18 Å². The van der Waals surface area contributed by atoms with Crippen molar-refractivity contribution in [3.63, 3.8) is 0 Å². The molecule has 9 heteroatoms. The zero-order valence-electron chi connectivity index (χ0n) is 14.6. The molecule has 0 unspecified atom stereocenters. The molecule has 148 valence electrons. The Hall–Kier alpha value is -3.88. The van der Waals surface area contributed by atoms with E-state index in [-0.39, 0.29) is 11.3 Å². The Morgan fingerprint density at radius 3 is 2.28 bits per heavy atom. The van der Waals surface area contributed by atoms with Gasteiger partial charge in [-0.1, -0.05) is 12.1 Å². The molecular weight excluding hydrogens is 389 g/mol. The van der Waals surface area contributed by atoms with Crippen molar-refractivity contribution >= 4 is 17.3 Å². The lowest BCUT2D eigenvalue weighted by atomic mass is 10.1. The number of ether oxygens (including phenoxy) is 1. The third-order valence-corrected chi connectivity index (χ3v) is 3.83. The molecular formula is C20H13F3N2O4. The van der Waals surface area contributed by atoms with Crippen LogP contribution in [0.3, 0.4) is 0 Å². The maximum atomic E-state index is 12.8. The zero-order chi connectivity index (χ0) is 21.0. The minimum Gasteiger partial charge on any atom is -0.457 e. The van der Waals surface area contributed by atoms with E-state index < -0.39 is 22.6 Å². The largest absolute Gasteiger partial charge is 0.457 e. The van der Waals surface area contributed by atoms with Gasteiger partial charge in [0.25, 0.3) is 11.6 Å². The number of halogens is 3. The summed E-state index contributed by atoms with van der Waals surface area (Å²) in [5.41, 5.74) is -0.826. The molecule has 6 nitrogen and oxygen atoms in total. The first kappa shape index (κ1) is 19.9. The Labute approximate surface area is 162 Å². The quantitative estimate of drug-likeness (QED) is 0.441. The number of carbonyl (C=O) groups excluding carboxylic acids is 1. The summed E-state index contributed by atoms with van der Waals surface area (Å²) in [6.45, 7) is 0. The van der Waals surface area contributed by atoms with Gasteiger partial charge in [0.1, 0.15) is 11.5 Å². The van der Waals surface area contributed by atoms with Gasteiger partial charge in [-0.15, -0.1) is 0 Å². The second-order valence-electron chi connectivity index (χ2n) is 5.91. The molecule has 3 aromatic carbocycles. The molecule has 29 heavy (non-hydrogen) atoms. The van der Waals surface area contributed by atoms with Gasteiger partial charge in [0.15, 0.2) is 0 Å². The monoisotopic (exact) mass is 402 g/mol. The summed E-state index contributed by atoms with van der Waals surface area (Å²) >= 11 is 0. The van der Waals surface area contributed by atoms with Crippen molar-refractivity contribution in [3.05, 3.63) is 94.0 Å². The molecule has 0 spiro atoms. The number of nitrogens with zero attached hydrogens (tertiary/aromatic N) is 1. The number of hydrogen-bond acceptors (Lipinski definition) is 4. The van der Waals surface area contributed by atoms with Crippen LogP contribution in [0.5, 0.6) is 11.5 Å². The number of nitro benzene ring substituents is 1. The van der Waals surface area contributed by atoms with E-state index in [2.05, 4.69) is 5.32 Å². The number of nitro groups is 1. The van der Waals surface area contributed by atoms with Gasteiger partial charge >= 0.3 is 6.18 Å². The van der Waals surface area contributed by atoms with Gasteiger partial charge in [-0.3, -0.25) is 14.9 Å². The highest BCUT2D eigenvalue weighted by Gasteiger charge is 2.30.